The molecule has 0 spiro atoms. The number of fused-ring (bicyclic) bond motifs is 8. The predicted octanol–water partition coefficient (Wildman–Crippen LogP) is 13.3. The van der Waals surface area contributed by atoms with E-state index in [0.29, 0.717) is 0 Å². The Kier molecular flexibility index (Phi) is 6.40. The van der Waals surface area contributed by atoms with Crippen LogP contribution in [-0.2, 0) is 0 Å². The summed E-state index contributed by atoms with van der Waals surface area (Å²) in [6.07, 6.45) is 5.81. The first-order valence-electron chi connectivity index (χ1n) is 18.9. The number of amidine groups is 2. The fourth-order valence-electron chi connectivity index (χ4n) is 9.36. The van der Waals surface area contributed by atoms with Gasteiger partial charge in [0, 0.05) is 11.8 Å². The molecule has 0 saturated carbocycles. The highest BCUT2D eigenvalue weighted by atomic mass is 15.1. The Morgan fingerprint density at radius 2 is 0.891 bits per heavy atom. The van der Waals surface area contributed by atoms with Crippen molar-refractivity contribution >= 4 is 93.3 Å². The van der Waals surface area contributed by atoms with E-state index in [1.807, 2.05) is 6.08 Å². The van der Waals surface area contributed by atoms with Crippen molar-refractivity contribution < 1.29 is 0 Å². The van der Waals surface area contributed by atoms with Crippen molar-refractivity contribution in [2.45, 2.75) is 6.04 Å². The molecule has 2 aliphatic heterocycles. The minimum absolute atomic E-state index is 0.132. The quantitative estimate of drug-likeness (QED) is 0.130. The van der Waals surface area contributed by atoms with E-state index in [0.717, 1.165) is 28.0 Å². The number of benzene rings is 9. The van der Waals surface area contributed by atoms with Crippen molar-refractivity contribution in [3.05, 3.63) is 182 Å². The van der Waals surface area contributed by atoms with Gasteiger partial charge in [0.15, 0.2) is 11.7 Å². The summed E-state index contributed by atoms with van der Waals surface area (Å²) in [4.78, 5) is 14.5. The Balaban J connectivity index is 1.09. The maximum Gasteiger partial charge on any atom is 0.159 e. The van der Waals surface area contributed by atoms with Crippen molar-refractivity contribution in [3.8, 4) is 22.3 Å². The molecular weight excluding hydrogens is 667 g/mol. The standard InChI is InChI=1S/C52H31N3/c1-3-15-36-34(13-1)35-14-2-4-16-37(35)39-22-10-23-44-45(30-33-12-9-21-38(36)48(33)49(39)44)31-25-27-32(28-26-31)47-40-17-5-7-19-42(40)50(43-20-8-6-18-41(43)47)52-54-46-24-11-29-53-51(46)55-52/h1-30,46H. The fourth-order valence-corrected chi connectivity index (χ4v) is 9.36. The number of dihydropyridines is 1. The second kappa shape index (κ2) is 11.6. The molecule has 3 nitrogen and oxygen atoms in total. The molecule has 0 amide bonds. The Hall–Kier alpha value is -7.23. The third kappa shape index (κ3) is 4.41. The van der Waals surface area contributed by atoms with E-state index >= 15 is 0 Å². The smallest absolute Gasteiger partial charge is 0.159 e. The molecule has 0 fully saturated rings. The Morgan fingerprint density at radius 1 is 0.400 bits per heavy atom. The molecular formula is C52H31N3. The van der Waals surface area contributed by atoms with E-state index in [1.54, 1.807) is 6.21 Å². The molecule has 0 aliphatic carbocycles. The molecule has 2 heterocycles. The van der Waals surface area contributed by atoms with Gasteiger partial charge in [-0.3, -0.25) is 4.99 Å². The molecule has 10 aromatic rings. The molecule has 0 N–H and O–H groups in total. The molecule has 0 radical (unpaired) electrons. The van der Waals surface area contributed by atoms with Crippen LogP contribution in [0.25, 0.3) is 97.7 Å². The molecule has 254 valence electrons. The number of allylic oxidation sites excluding steroid dienone is 1. The van der Waals surface area contributed by atoms with Crippen LogP contribution in [0, 0.1) is 0 Å². The van der Waals surface area contributed by atoms with Gasteiger partial charge in [-0.05, 0) is 110 Å². The van der Waals surface area contributed by atoms with Crippen LogP contribution in [0.3, 0.4) is 0 Å². The number of nitrogens with zero attached hydrogens (tertiary/aromatic N) is 3. The maximum absolute atomic E-state index is 5.04. The predicted molar refractivity (Wildman–Crippen MR) is 235 cm³/mol. The van der Waals surface area contributed by atoms with E-state index in [-0.39, 0.29) is 6.04 Å². The van der Waals surface area contributed by atoms with Crippen LogP contribution >= 0.6 is 0 Å². The lowest BCUT2D eigenvalue weighted by atomic mass is 9.86. The number of rotatable bonds is 3. The van der Waals surface area contributed by atoms with E-state index < -0.39 is 0 Å². The van der Waals surface area contributed by atoms with Gasteiger partial charge in [0.2, 0.25) is 0 Å². The van der Waals surface area contributed by atoms with E-state index in [1.165, 1.54) is 86.9 Å². The summed E-state index contributed by atoms with van der Waals surface area (Å²) in [7, 11) is 0. The summed E-state index contributed by atoms with van der Waals surface area (Å²) in [6.45, 7) is 0. The molecule has 1 unspecified atom stereocenters. The van der Waals surface area contributed by atoms with Crippen molar-refractivity contribution in [2.75, 3.05) is 0 Å². The minimum atomic E-state index is -0.132. The highest BCUT2D eigenvalue weighted by molar-refractivity contribution is 6.34. The molecule has 0 aromatic heterocycles. The van der Waals surface area contributed by atoms with Gasteiger partial charge in [-0.1, -0.05) is 164 Å². The van der Waals surface area contributed by atoms with Gasteiger partial charge in [-0.15, -0.1) is 0 Å². The molecule has 1 atom stereocenters. The van der Waals surface area contributed by atoms with Crippen LogP contribution in [0.4, 0.5) is 0 Å². The lowest BCUT2D eigenvalue weighted by Gasteiger charge is -2.18. The number of aliphatic imine (C=N–C) groups is 3. The van der Waals surface area contributed by atoms with Crippen molar-refractivity contribution in [3.63, 3.8) is 0 Å². The zero-order chi connectivity index (χ0) is 36.0. The summed E-state index contributed by atoms with van der Waals surface area (Å²) >= 11 is 0. The molecule has 0 saturated heterocycles. The SMILES string of the molecule is C1=CC2N=C(c3c4ccccc4c(-c4ccc(-c5cc6cccc7c8ccccc8c8ccccc8c8cccc5c8c67)cc4)c4ccccc34)N=C2N=C1. The normalized spacial score (nSPS) is 15.2. The van der Waals surface area contributed by atoms with Crippen LogP contribution in [0.15, 0.2) is 191 Å². The first-order valence-corrected chi connectivity index (χ1v) is 18.9. The molecule has 55 heavy (non-hydrogen) atoms. The summed E-state index contributed by atoms with van der Waals surface area (Å²) in [5.74, 6) is 1.50. The van der Waals surface area contributed by atoms with Crippen LogP contribution in [0.1, 0.15) is 5.56 Å². The Bertz CT molecular complexity index is 3360. The van der Waals surface area contributed by atoms with Crippen LogP contribution in [0.5, 0.6) is 0 Å². The summed E-state index contributed by atoms with van der Waals surface area (Å²) in [5.41, 5.74) is 5.89. The average Bonchev–Trinajstić information content (AvgIpc) is 3.68. The average molecular weight is 698 g/mol. The van der Waals surface area contributed by atoms with Crippen LogP contribution < -0.4 is 0 Å². The Morgan fingerprint density at radius 3 is 1.51 bits per heavy atom. The fraction of sp³-hybridized carbons (Fsp3) is 0.0192. The summed E-state index contributed by atoms with van der Waals surface area (Å²) < 4.78 is 0. The van der Waals surface area contributed by atoms with Crippen molar-refractivity contribution in [2.24, 2.45) is 15.0 Å². The highest BCUT2D eigenvalue weighted by Gasteiger charge is 2.26. The van der Waals surface area contributed by atoms with Gasteiger partial charge in [-0.2, -0.15) is 0 Å². The lowest BCUT2D eigenvalue weighted by molar-refractivity contribution is 1.09. The molecule has 0 bridgehead atoms. The van der Waals surface area contributed by atoms with Crippen LogP contribution in [0.2, 0.25) is 0 Å². The molecule has 10 aromatic carbocycles. The van der Waals surface area contributed by atoms with E-state index in [2.05, 4.69) is 175 Å². The minimum Gasteiger partial charge on any atom is -0.250 e. The molecule has 3 heteroatoms. The summed E-state index contributed by atoms with van der Waals surface area (Å²) in [5, 5.41) is 17.4. The van der Waals surface area contributed by atoms with Gasteiger partial charge in [0.05, 0.1) is 0 Å². The van der Waals surface area contributed by atoms with E-state index in [4.69, 9.17) is 9.98 Å². The highest BCUT2D eigenvalue weighted by Crippen LogP contribution is 2.45. The second-order valence-corrected chi connectivity index (χ2v) is 14.6. The second-order valence-electron chi connectivity index (χ2n) is 14.6. The lowest BCUT2D eigenvalue weighted by Crippen LogP contribution is -2.12. The maximum atomic E-state index is 5.04. The van der Waals surface area contributed by atoms with Gasteiger partial charge < -0.3 is 0 Å². The van der Waals surface area contributed by atoms with Gasteiger partial charge in [0.1, 0.15) is 6.04 Å². The number of hydrogen-bond donors (Lipinski definition) is 0. The van der Waals surface area contributed by atoms with Crippen molar-refractivity contribution in [1.82, 2.24) is 0 Å². The zero-order valence-corrected chi connectivity index (χ0v) is 29.7. The zero-order valence-electron chi connectivity index (χ0n) is 29.7. The Labute approximate surface area is 316 Å². The third-order valence-corrected chi connectivity index (χ3v) is 11.7. The monoisotopic (exact) mass is 697 g/mol. The first-order chi connectivity index (χ1) is 27.3. The van der Waals surface area contributed by atoms with Gasteiger partial charge in [0.25, 0.3) is 0 Å². The third-order valence-electron chi connectivity index (χ3n) is 11.7. The van der Waals surface area contributed by atoms with Crippen LogP contribution in [-0.4, -0.2) is 23.9 Å². The molecule has 12 rings (SSSR count). The van der Waals surface area contributed by atoms with Gasteiger partial charge >= 0.3 is 0 Å². The van der Waals surface area contributed by atoms with Crippen molar-refractivity contribution in [1.29, 1.82) is 0 Å². The summed E-state index contributed by atoms with van der Waals surface area (Å²) in [6, 6.07) is 60.2. The molecule has 2 aliphatic rings. The largest absolute Gasteiger partial charge is 0.250 e. The van der Waals surface area contributed by atoms with Gasteiger partial charge in [-0.25, -0.2) is 9.98 Å². The topological polar surface area (TPSA) is 37.1 Å². The first kappa shape index (κ1) is 30.3. The van der Waals surface area contributed by atoms with E-state index in [9.17, 15) is 0 Å². The number of hydrogen-bond acceptors (Lipinski definition) is 3.